The second kappa shape index (κ2) is 12.7. The molecule has 1 saturated heterocycles. The Kier molecular flexibility index (Phi) is 10.0. The SMILES string of the molecule is COc1c(C)cnc(CN2CCC(Cc3cncc(C(=O)NCCO)c3)C2)c1C.O=CO. The number of methoxy groups -OCH3 is 1. The van der Waals surface area contributed by atoms with Crippen LogP contribution in [0.4, 0.5) is 0 Å². The molecule has 174 valence electrons. The number of aromatic nitrogens is 2. The predicted octanol–water partition coefficient (Wildman–Crippen LogP) is 1.59. The minimum absolute atomic E-state index is 0.0715. The van der Waals surface area contributed by atoms with Crippen molar-refractivity contribution in [1.29, 1.82) is 0 Å². The third-order valence-corrected chi connectivity index (χ3v) is 5.47. The molecule has 32 heavy (non-hydrogen) atoms. The molecule has 0 aromatic carbocycles. The van der Waals surface area contributed by atoms with Gasteiger partial charge in [-0.3, -0.25) is 24.5 Å². The fraction of sp³-hybridized carbons (Fsp3) is 0.478. The van der Waals surface area contributed by atoms with Crippen molar-refractivity contribution in [3.8, 4) is 5.75 Å². The summed E-state index contributed by atoms with van der Waals surface area (Å²) >= 11 is 0. The van der Waals surface area contributed by atoms with E-state index in [1.807, 2.05) is 25.4 Å². The molecule has 0 bridgehead atoms. The second-order valence-electron chi connectivity index (χ2n) is 7.81. The smallest absolute Gasteiger partial charge is 0.290 e. The van der Waals surface area contributed by atoms with Crippen molar-refractivity contribution in [3.63, 3.8) is 0 Å². The highest BCUT2D eigenvalue weighted by atomic mass is 16.5. The van der Waals surface area contributed by atoms with Crippen molar-refractivity contribution in [2.45, 2.75) is 33.2 Å². The van der Waals surface area contributed by atoms with Crippen molar-refractivity contribution in [1.82, 2.24) is 20.2 Å². The number of aryl methyl sites for hydroxylation is 1. The average Bonchev–Trinajstić information content (AvgIpc) is 3.22. The van der Waals surface area contributed by atoms with Crippen molar-refractivity contribution < 1.29 is 24.5 Å². The summed E-state index contributed by atoms with van der Waals surface area (Å²) in [5.41, 5.74) is 4.85. The Morgan fingerprint density at radius 3 is 2.78 bits per heavy atom. The average molecular weight is 445 g/mol. The van der Waals surface area contributed by atoms with E-state index in [1.54, 1.807) is 13.3 Å². The lowest BCUT2D eigenvalue weighted by Crippen LogP contribution is -2.26. The Labute approximate surface area is 188 Å². The molecule has 1 aliphatic rings. The number of carbonyl (C=O) groups is 2. The molecule has 2 aromatic heterocycles. The van der Waals surface area contributed by atoms with Crippen molar-refractivity contribution in [2.24, 2.45) is 5.92 Å². The van der Waals surface area contributed by atoms with Crippen LogP contribution in [0.3, 0.4) is 0 Å². The number of nitrogens with zero attached hydrogens (tertiary/aromatic N) is 3. The maximum absolute atomic E-state index is 12.1. The molecule has 9 heteroatoms. The largest absolute Gasteiger partial charge is 0.496 e. The second-order valence-corrected chi connectivity index (χ2v) is 7.81. The molecule has 3 N–H and O–H groups in total. The van der Waals surface area contributed by atoms with Gasteiger partial charge in [0.2, 0.25) is 0 Å². The van der Waals surface area contributed by atoms with Crippen LogP contribution in [0.2, 0.25) is 0 Å². The van der Waals surface area contributed by atoms with E-state index in [2.05, 4.69) is 27.1 Å². The number of nitrogens with one attached hydrogen (secondary N) is 1. The van der Waals surface area contributed by atoms with Crippen LogP contribution in [0.5, 0.6) is 5.75 Å². The number of rotatable bonds is 8. The van der Waals surface area contributed by atoms with Gasteiger partial charge >= 0.3 is 0 Å². The first-order chi connectivity index (χ1) is 15.4. The van der Waals surface area contributed by atoms with Crippen LogP contribution < -0.4 is 10.1 Å². The number of aliphatic hydroxyl groups is 1. The summed E-state index contributed by atoms with van der Waals surface area (Å²) < 4.78 is 5.52. The van der Waals surface area contributed by atoms with Crippen molar-refractivity contribution in [3.05, 3.63) is 52.6 Å². The van der Waals surface area contributed by atoms with Gasteiger partial charge in [-0.25, -0.2) is 0 Å². The van der Waals surface area contributed by atoms with Crippen LogP contribution in [-0.4, -0.2) is 70.8 Å². The molecular formula is C23H32N4O5. The highest BCUT2D eigenvalue weighted by Crippen LogP contribution is 2.27. The number of carbonyl (C=O) groups excluding carboxylic acids is 1. The van der Waals surface area contributed by atoms with Gasteiger partial charge in [0.1, 0.15) is 5.75 Å². The zero-order valence-electron chi connectivity index (χ0n) is 18.9. The maximum Gasteiger partial charge on any atom is 0.290 e. The zero-order chi connectivity index (χ0) is 23.5. The Morgan fingerprint density at radius 1 is 1.34 bits per heavy atom. The molecule has 0 aliphatic carbocycles. The van der Waals surface area contributed by atoms with Gasteiger partial charge in [-0.15, -0.1) is 0 Å². The number of hydrogen-bond acceptors (Lipinski definition) is 7. The summed E-state index contributed by atoms with van der Waals surface area (Å²) in [6, 6.07) is 1.90. The lowest BCUT2D eigenvalue weighted by Gasteiger charge is -2.19. The van der Waals surface area contributed by atoms with Crippen molar-refractivity contribution >= 4 is 12.4 Å². The molecule has 1 amide bonds. The number of hydrogen-bond donors (Lipinski definition) is 3. The van der Waals surface area contributed by atoms with Gasteiger partial charge < -0.3 is 20.3 Å². The van der Waals surface area contributed by atoms with Gasteiger partial charge in [0.25, 0.3) is 12.4 Å². The molecule has 2 aromatic rings. The standard InChI is InChI=1S/C22H30N4O3.CH2O2/c1-15-10-25-20(16(2)21(15)29-3)14-26-6-4-17(13-26)8-18-9-19(12-23-11-18)22(28)24-5-7-27;2-1-3/h9-12,17,27H,4-8,13-14H2,1-3H3,(H,24,28);1H,(H,2,3). The molecule has 0 radical (unpaired) electrons. The summed E-state index contributed by atoms with van der Waals surface area (Å²) in [4.78, 5) is 31.7. The summed E-state index contributed by atoms with van der Waals surface area (Å²) in [5, 5.41) is 18.4. The van der Waals surface area contributed by atoms with Crippen LogP contribution in [0.25, 0.3) is 0 Å². The molecule has 3 rings (SSSR count). The Morgan fingerprint density at radius 2 is 2.09 bits per heavy atom. The van der Waals surface area contributed by atoms with Gasteiger partial charge in [0.05, 0.1) is 25.0 Å². The van der Waals surface area contributed by atoms with Gasteiger partial charge in [0, 0.05) is 49.4 Å². The topological polar surface area (TPSA) is 125 Å². The Balaban J connectivity index is 0.00000114. The van der Waals surface area contributed by atoms with Crippen LogP contribution in [0, 0.1) is 19.8 Å². The lowest BCUT2D eigenvalue weighted by molar-refractivity contribution is -0.122. The van der Waals surface area contributed by atoms with E-state index in [9.17, 15) is 4.79 Å². The molecule has 3 heterocycles. The van der Waals surface area contributed by atoms with Crippen LogP contribution in [0.1, 0.15) is 39.2 Å². The number of ether oxygens (including phenoxy) is 1. The molecule has 9 nitrogen and oxygen atoms in total. The lowest BCUT2D eigenvalue weighted by atomic mass is 9.99. The quantitative estimate of drug-likeness (QED) is 0.524. The fourth-order valence-electron chi connectivity index (χ4n) is 3.99. The van der Waals surface area contributed by atoms with E-state index < -0.39 is 0 Å². The molecule has 1 fully saturated rings. The van der Waals surface area contributed by atoms with Crippen molar-refractivity contribution in [2.75, 3.05) is 33.4 Å². The number of pyridine rings is 2. The van der Waals surface area contributed by atoms with E-state index in [1.165, 1.54) is 0 Å². The van der Waals surface area contributed by atoms with E-state index in [0.717, 1.165) is 60.6 Å². The number of amides is 1. The monoisotopic (exact) mass is 444 g/mol. The predicted molar refractivity (Wildman–Crippen MR) is 120 cm³/mol. The molecule has 0 saturated carbocycles. The number of carboxylic acid groups (broad SMARTS) is 1. The molecule has 1 unspecified atom stereocenters. The first kappa shape index (κ1) is 25.2. The minimum atomic E-state index is -0.250. The summed E-state index contributed by atoms with van der Waals surface area (Å²) in [5.74, 6) is 1.25. The normalized spacial score (nSPS) is 15.6. The summed E-state index contributed by atoms with van der Waals surface area (Å²) in [6.45, 7) is 6.86. The molecule has 1 atom stereocenters. The molecule has 1 aliphatic heterocycles. The molecular weight excluding hydrogens is 412 g/mol. The fourth-order valence-corrected chi connectivity index (χ4v) is 3.99. The number of aliphatic hydroxyl groups excluding tert-OH is 1. The highest BCUT2D eigenvalue weighted by molar-refractivity contribution is 5.93. The first-order valence-electron chi connectivity index (χ1n) is 10.6. The van der Waals surface area contributed by atoms with E-state index in [-0.39, 0.29) is 25.5 Å². The maximum atomic E-state index is 12.1. The third kappa shape index (κ3) is 7.00. The van der Waals surface area contributed by atoms with E-state index in [0.29, 0.717) is 11.5 Å². The Hall–Kier alpha value is -3.04. The van der Waals surface area contributed by atoms with Crippen LogP contribution >= 0.6 is 0 Å². The zero-order valence-corrected chi connectivity index (χ0v) is 18.9. The number of likely N-dealkylation sites (tertiary alicyclic amines) is 1. The van der Waals surface area contributed by atoms with Crippen LogP contribution in [0.15, 0.2) is 24.7 Å². The first-order valence-corrected chi connectivity index (χ1v) is 10.6. The summed E-state index contributed by atoms with van der Waals surface area (Å²) in [6.07, 6.45) is 7.30. The van der Waals surface area contributed by atoms with Gasteiger partial charge in [-0.2, -0.15) is 0 Å². The van der Waals surface area contributed by atoms with Gasteiger partial charge in [0.15, 0.2) is 0 Å². The van der Waals surface area contributed by atoms with E-state index in [4.69, 9.17) is 19.7 Å². The minimum Gasteiger partial charge on any atom is -0.496 e. The summed E-state index contributed by atoms with van der Waals surface area (Å²) in [7, 11) is 1.71. The third-order valence-electron chi connectivity index (χ3n) is 5.47. The Bertz CT molecular complexity index is 906. The van der Waals surface area contributed by atoms with Crippen LogP contribution in [-0.2, 0) is 17.8 Å². The van der Waals surface area contributed by atoms with Gasteiger partial charge in [-0.1, -0.05) is 0 Å². The highest BCUT2D eigenvalue weighted by Gasteiger charge is 2.24. The molecule has 0 spiro atoms. The van der Waals surface area contributed by atoms with Gasteiger partial charge in [-0.05, 0) is 50.8 Å². The van der Waals surface area contributed by atoms with E-state index >= 15 is 0 Å².